The molecule has 6 nitrogen and oxygen atoms in total. The predicted octanol–water partition coefficient (Wildman–Crippen LogP) is 1.98. The van der Waals surface area contributed by atoms with Gasteiger partial charge in [-0.05, 0) is 56.9 Å². The summed E-state index contributed by atoms with van der Waals surface area (Å²) in [6.45, 7) is 3.93. The zero-order valence-electron chi connectivity index (χ0n) is 14.7. The summed E-state index contributed by atoms with van der Waals surface area (Å²) in [7, 11) is 0. The van der Waals surface area contributed by atoms with Crippen molar-refractivity contribution in [2.45, 2.75) is 38.6 Å². The zero-order valence-corrected chi connectivity index (χ0v) is 14.7. The number of rotatable bonds is 7. The summed E-state index contributed by atoms with van der Waals surface area (Å²) < 4.78 is 10.9. The van der Waals surface area contributed by atoms with Crippen LogP contribution in [0.4, 0.5) is 0 Å². The summed E-state index contributed by atoms with van der Waals surface area (Å²) in [5, 5.41) is 3.09. The molecule has 1 heterocycles. The molecule has 1 aliphatic carbocycles. The third-order valence-electron chi connectivity index (χ3n) is 4.64. The van der Waals surface area contributed by atoms with Crippen molar-refractivity contribution in [3.05, 3.63) is 24.3 Å². The predicted molar refractivity (Wildman–Crippen MR) is 93.6 cm³/mol. The molecule has 0 atom stereocenters. The Kier molecular flexibility index (Phi) is 5.79. The molecule has 136 valence electrons. The summed E-state index contributed by atoms with van der Waals surface area (Å²) in [5.74, 6) is 1.85. The van der Waals surface area contributed by atoms with Crippen LogP contribution in [0.2, 0.25) is 0 Å². The minimum atomic E-state index is -0.0131. The van der Waals surface area contributed by atoms with E-state index in [1.165, 1.54) is 0 Å². The second-order valence-electron chi connectivity index (χ2n) is 6.63. The number of hydrogen-bond acceptors (Lipinski definition) is 4. The third kappa shape index (κ3) is 5.11. The van der Waals surface area contributed by atoms with E-state index in [-0.39, 0.29) is 30.4 Å². The Bertz CT molecular complexity index is 590. The Morgan fingerprint density at radius 1 is 1.04 bits per heavy atom. The van der Waals surface area contributed by atoms with E-state index >= 15 is 0 Å². The Balaban J connectivity index is 1.38. The van der Waals surface area contributed by atoms with Crippen LogP contribution in [-0.4, -0.2) is 49.1 Å². The van der Waals surface area contributed by atoms with E-state index in [0.717, 1.165) is 31.4 Å². The molecule has 3 rings (SSSR count). The summed E-state index contributed by atoms with van der Waals surface area (Å²) in [6, 6.07) is 7.47. The molecule has 0 spiro atoms. The van der Waals surface area contributed by atoms with Crippen LogP contribution in [0.15, 0.2) is 24.3 Å². The fraction of sp³-hybridized carbons (Fsp3) is 0.579. The number of amides is 2. The molecular weight excluding hydrogens is 320 g/mol. The van der Waals surface area contributed by atoms with Crippen LogP contribution >= 0.6 is 0 Å². The first kappa shape index (κ1) is 17.6. The molecule has 2 aliphatic rings. The number of carbonyl (C=O) groups excluding carboxylic acids is 2. The summed E-state index contributed by atoms with van der Waals surface area (Å²) >= 11 is 0. The fourth-order valence-electron chi connectivity index (χ4n) is 2.97. The molecule has 0 bridgehead atoms. The maximum atomic E-state index is 12.3. The molecule has 2 fully saturated rings. The topological polar surface area (TPSA) is 67.9 Å². The van der Waals surface area contributed by atoms with Crippen molar-refractivity contribution in [1.82, 2.24) is 10.2 Å². The summed E-state index contributed by atoms with van der Waals surface area (Å²) in [4.78, 5) is 25.9. The van der Waals surface area contributed by atoms with E-state index in [1.54, 1.807) is 12.1 Å². The van der Waals surface area contributed by atoms with E-state index in [4.69, 9.17) is 9.47 Å². The second kappa shape index (κ2) is 8.23. The third-order valence-corrected chi connectivity index (χ3v) is 4.64. The number of carbonyl (C=O) groups is 2. The van der Waals surface area contributed by atoms with Crippen molar-refractivity contribution in [2.24, 2.45) is 5.92 Å². The standard InChI is InChI=1S/C19H26N2O4/c1-2-24-16-5-7-17(8-6-16)25-13-18(22)21-11-9-15(10-12-21)20-19(23)14-3-4-14/h5-8,14-15H,2-4,9-13H2,1H3,(H,20,23). The lowest BCUT2D eigenvalue weighted by Crippen LogP contribution is -2.48. The highest BCUT2D eigenvalue weighted by Gasteiger charge is 2.32. The Hall–Kier alpha value is -2.24. The van der Waals surface area contributed by atoms with Gasteiger partial charge < -0.3 is 19.7 Å². The molecule has 0 unspecified atom stereocenters. The van der Waals surface area contributed by atoms with Crippen LogP contribution < -0.4 is 14.8 Å². The van der Waals surface area contributed by atoms with Gasteiger partial charge in [-0.2, -0.15) is 0 Å². The van der Waals surface area contributed by atoms with Gasteiger partial charge in [-0.15, -0.1) is 0 Å². The van der Waals surface area contributed by atoms with Crippen molar-refractivity contribution in [2.75, 3.05) is 26.3 Å². The molecule has 0 radical (unpaired) electrons. The highest BCUT2D eigenvalue weighted by molar-refractivity contribution is 5.81. The molecule has 0 aromatic heterocycles. The van der Waals surface area contributed by atoms with Gasteiger partial charge in [0, 0.05) is 25.0 Å². The number of hydrogen-bond donors (Lipinski definition) is 1. The van der Waals surface area contributed by atoms with E-state index < -0.39 is 0 Å². The van der Waals surface area contributed by atoms with Crippen LogP contribution in [0.25, 0.3) is 0 Å². The number of benzene rings is 1. The van der Waals surface area contributed by atoms with Crippen molar-refractivity contribution < 1.29 is 19.1 Å². The number of piperidine rings is 1. The van der Waals surface area contributed by atoms with E-state index in [9.17, 15) is 9.59 Å². The van der Waals surface area contributed by atoms with Gasteiger partial charge >= 0.3 is 0 Å². The first-order valence-electron chi connectivity index (χ1n) is 9.09. The molecule has 1 saturated heterocycles. The average Bonchev–Trinajstić information content (AvgIpc) is 3.47. The summed E-state index contributed by atoms with van der Waals surface area (Å²) in [6.07, 6.45) is 3.67. The lowest BCUT2D eigenvalue weighted by molar-refractivity contribution is -0.134. The van der Waals surface area contributed by atoms with E-state index in [2.05, 4.69) is 5.32 Å². The number of likely N-dealkylation sites (tertiary alicyclic amines) is 1. The normalized spacial score (nSPS) is 17.9. The van der Waals surface area contributed by atoms with Gasteiger partial charge in [0.25, 0.3) is 5.91 Å². The Morgan fingerprint density at radius 3 is 2.20 bits per heavy atom. The molecule has 1 N–H and O–H groups in total. The molecule has 1 saturated carbocycles. The lowest BCUT2D eigenvalue weighted by atomic mass is 10.0. The molecule has 25 heavy (non-hydrogen) atoms. The van der Waals surface area contributed by atoms with Crippen LogP contribution in [0.3, 0.4) is 0 Å². The minimum Gasteiger partial charge on any atom is -0.494 e. The molecular formula is C19H26N2O4. The van der Waals surface area contributed by atoms with Crippen LogP contribution in [0, 0.1) is 5.92 Å². The average molecular weight is 346 g/mol. The van der Waals surface area contributed by atoms with Gasteiger partial charge in [0.15, 0.2) is 6.61 Å². The number of ether oxygens (including phenoxy) is 2. The van der Waals surface area contributed by atoms with Gasteiger partial charge in [-0.25, -0.2) is 0 Å². The van der Waals surface area contributed by atoms with Gasteiger partial charge in [-0.1, -0.05) is 0 Å². The van der Waals surface area contributed by atoms with Gasteiger partial charge in [0.05, 0.1) is 6.61 Å². The van der Waals surface area contributed by atoms with Crippen LogP contribution in [0.5, 0.6) is 11.5 Å². The van der Waals surface area contributed by atoms with Crippen molar-refractivity contribution in [1.29, 1.82) is 0 Å². The monoisotopic (exact) mass is 346 g/mol. The lowest BCUT2D eigenvalue weighted by Gasteiger charge is -2.32. The van der Waals surface area contributed by atoms with Crippen molar-refractivity contribution in [3.63, 3.8) is 0 Å². The van der Waals surface area contributed by atoms with Gasteiger partial charge in [0.2, 0.25) is 5.91 Å². The number of nitrogens with zero attached hydrogens (tertiary/aromatic N) is 1. The van der Waals surface area contributed by atoms with Crippen molar-refractivity contribution in [3.8, 4) is 11.5 Å². The van der Waals surface area contributed by atoms with Crippen molar-refractivity contribution >= 4 is 11.8 Å². The van der Waals surface area contributed by atoms with E-state index in [1.807, 2.05) is 24.0 Å². The zero-order chi connectivity index (χ0) is 17.6. The van der Waals surface area contributed by atoms with E-state index in [0.29, 0.717) is 25.4 Å². The molecule has 1 aromatic carbocycles. The molecule has 2 amide bonds. The first-order valence-corrected chi connectivity index (χ1v) is 9.09. The Morgan fingerprint density at radius 2 is 1.64 bits per heavy atom. The first-order chi connectivity index (χ1) is 12.2. The largest absolute Gasteiger partial charge is 0.494 e. The van der Waals surface area contributed by atoms with Crippen LogP contribution in [0.1, 0.15) is 32.6 Å². The quantitative estimate of drug-likeness (QED) is 0.820. The second-order valence-corrected chi connectivity index (χ2v) is 6.63. The van der Waals surface area contributed by atoms with Crippen LogP contribution in [-0.2, 0) is 9.59 Å². The fourth-order valence-corrected chi connectivity index (χ4v) is 2.97. The van der Waals surface area contributed by atoms with Gasteiger partial charge in [0.1, 0.15) is 11.5 Å². The molecule has 1 aromatic rings. The smallest absolute Gasteiger partial charge is 0.260 e. The highest BCUT2D eigenvalue weighted by Crippen LogP contribution is 2.29. The van der Waals surface area contributed by atoms with Gasteiger partial charge in [-0.3, -0.25) is 9.59 Å². The maximum absolute atomic E-state index is 12.3. The summed E-state index contributed by atoms with van der Waals surface area (Å²) in [5.41, 5.74) is 0. The molecule has 1 aliphatic heterocycles. The minimum absolute atomic E-state index is 0.0131. The SMILES string of the molecule is CCOc1ccc(OCC(=O)N2CCC(NC(=O)C3CC3)CC2)cc1. The number of nitrogens with one attached hydrogen (secondary N) is 1. The highest BCUT2D eigenvalue weighted by atomic mass is 16.5. The maximum Gasteiger partial charge on any atom is 0.260 e. The molecule has 6 heteroatoms. The Labute approximate surface area is 148 Å².